The van der Waals surface area contributed by atoms with E-state index in [9.17, 15) is 4.79 Å². The Morgan fingerprint density at radius 1 is 1.57 bits per heavy atom. The molecule has 1 aromatic rings. The average molecular weight is 306 g/mol. The number of thiazole rings is 1. The summed E-state index contributed by atoms with van der Waals surface area (Å²) in [5.41, 5.74) is 1.38. The standard InChI is InChI=1S/C14H18N4O2S/c1-3-4-5-14(17-18-14)6-7-16-13(19)11(2)20-9-12-8-15-10-21-12/h1,8,10-11H,4-7,9H2,2H3,(H,16,19). The molecule has 0 bridgehead atoms. The van der Waals surface area contributed by atoms with Crippen molar-refractivity contribution in [3.63, 3.8) is 0 Å². The molecule has 112 valence electrons. The van der Waals surface area contributed by atoms with Gasteiger partial charge in [0.2, 0.25) is 5.91 Å². The normalized spacial score (nSPS) is 16.2. The minimum atomic E-state index is -0.498. The summed E-state index contributed by atoms with van der Waals surface area (Å²) in [7, 11) is 0. The van der Waals surface area contributed by atoms with E-state index >= 15 is 0 Å². The van der Waals surface area contributed by atoms with Crippen LogP contribution in [0.1, 0.15) is 31.1 Å². The molecule has 0 aromatic carbocycles. The Kier molecular flexibility index (Phi) is 5.42. The van der Waals surface area contributed by atoms with Crippen LogP contribution in [0, 0.1) is 12.3 Å². The molecule has 7 heteroatoms. The van der Waals surface area contributed by atoms with Crippen molar-refractivity contribution >= 4 is 17.2 Å². The molecule has 0 saturated carbocycles. The Bertz CT molecular complexity index is 530. The summed E-state index contributed by atoms with van der Waals surface area (Å²) in [5.74, 6) is 2.45. The molecule has 21 heavy (non-hydrogen) atoms. The van der Waals surface area contributed by atoms with Crippen molar-refractivity contribution in [2.24, 2.45) is 10.2 Å². The molecule has 1 aromatic heterocycles. The third kappa shape index (κ3) is 4.92. The van der Waals surface area contributed by atoms with Gasteiger partial charge >= 0.3 is 0 Å². The molecule has 1 aliphatic heterocycles. The molecule has 1 amide bonds. The van der Waals surface area contributed by atoms with Gasteiger partial charge in [0.05, 0.1) is 17.0 Å². The van der Waals surface area contributed by atoms with Gasteiger partial charge in [-0.15, -0.1) is 23.7 Å². The van der Waals surface area contributed by atoms with Crippen molar-refractivity contribution in [3.8, 4) is 12.3 Å². The van der Waals surface area contributed by atoms with Crippen LogP contribution in [0.15, 0.2) is 21.9 Å². The largest absolute Gasteiger partial charge is 0.363 e. The lowest BCUT2D eigenvalue weighted by molar-refractivity contribution is -0.132. The number of amides is 1. The van der Waals surface area contributed by atoms with Crippen LogP contribution in [-0.4, -0.2) is 29.2 Å². The Labute approximate surface area is 128 Å². The lowest BCUT2D eigenvalue weighted by atomic mass is 10.0. The van der Waals surface area contributed by atoms with E-state index in [0.29, 0.717) is 26.0 Å². The van der Waals surface area contributed by atoms with Gasteiger partial charge in [-0.2, -0.15) is 10.2 Å². The van der Waals surface area contributed by atoms with Crippen LogP contribution in [0.3, 0.4) is 0 Å². The van der Waals surface area contributed by atoms with Crippen molar-refractivity contribution in [1.29, 1.82) is 0 Å². The van der Waals surface area contributed by atoms with Crippen LogP contribution in [0.5, 0.6) is 0 Å². The second-order valence-electron chi connectivity index (χ2n) is 4.85. The van der Waals surface area contributed by atoms with Crippen molar-refractivity contribution in [3.05, 3.63) is 16.6 Å². The highest BCUT2D eigenvalue weighted by molar-refractivity contribution is 7.09. The topological polar surface area (TPSA) is 75.9 Å². The summed E-state index contributed by atoms with van der Waals surface area (Å²) >= 11 is 1.50. The van der Waals surface area contributed by atoms with Gasteiger partial charge < -0.3 is 10.1 Å². The van der Waals surface area contributed by atoms with Gasteiger partial charge in [0, 0.05) is 32.0 Å². The molecule has 1 unspecified atom stereocenters. The highest BCUT2D eigenvalue weighted by Crippen LogP contribution is 2.35. The number of aromatic nitrogens is 1. The maximum Gasteiger partial charge on any atom is 0.248 e. The smallest absolute Gasteiger partial charge is 0.248 e. The summed E-state index contributed by atoms with van der Waals surface area (Å²) in [6.07, 6.45) is 8.55. The van der Waals surface area contributed by atoms with Crippen LogP contribution < -0.4 is 5.32 Å². The Balaban J connectivity index is 1.61. The number of hydrogen-bond acceptors (Lipinski definition) is 6. The fourth-order valence-corrected chi connectivity index (χ4v) is 2.31. The Hall–Kier alpha value is -1.78. The van der Waals surface area contributed by atoms with E-state index in [1.807, 2.05) is 0 Å². The highest BCUT2D eigenvalue weighted by atomic mass is 32.1. The van der Waals surface area contributed by atoms with Crippen LogP contribution in [-0.2, 0) is 16.1 Å². The second kappa shape index (κ2) is 7.29. The fourth-order valence-electron chi connectivity index (χ4n) is 1.79. The van der Waals surface area contributed by atoms with Gasteiger partial charge in [0.1, 0.15) is 6.10 Å². The number of carbonyl (C=O) groups is 1. The molecular weight excluding hydrogens is 288 g/mol. The molecular formula is C14H18N4O2S. The molecule has 2 heterocycles. The Morgan fingerprint density at radius 2 is 2.38 bits per heavy atom. The van der Waals surface area contributed by atoms with Gasteiger partial charge in [-0.25, -0.2) is 0 Å². The molecule has 6 nitrogen and oxygen atoms in total. The zero-order valence-electron chi connectivity index (χ0n) is 11.9. The lowest BCUT2D eigenvalue weighted by Gasteiger charge is -2.14. The summed E-state index contributed by atoms with van der Waals surface area (Å²) in [4.78, 5) is 16.8. The van der Waals surface area contributed by atoms with E-state index < -0.39 is 6.10 Å². The minimum Gasteiger partial charge on any atom is -0.363 e. The van der Waals surface area contributed by atoms with E-state index in [1.54, 1.807) is 18.6 Å². The summed E-state index contributed by atoms with van der Waals surface area (Å²) < 4.78 is 5.50. The van der Waals surface area contributed by atoms with Crippen LogP contribution >= 0.6 is 11.3 Å². The lowest BCUT2D eigenvalue weighted by Crippen LogP contribution is -2.36. The SMILES string of the molecule is C#CCCC1(CCNC(=O)C(C)OCc2cncs2)N=N1. The second-order valence-corrected chi connectivity index (χ2v) is 5.82. The fraction of sp³-hybridized carbons (Fsp3) is 0.571. The van der Waals surface area contributed by atoms with Crippen LogP contribution in [0.25, 0.3) is 0 Å². The monoisotopic (exact) mass is 306 g/mol. The summed E-state index contributed by atoms with van der Waals surface area (Å²) in [6, 6.07) is 0. The predicted molar refractivity (Wildman–Crippen MR) is 79.6 cm³/mol. The zero-order chi connectivity index (χ0) is 15.1. The molecule has 1 N–H and O–H groups in total. The van der Waals surface area contributed by atoms with Gasteiger partial charge in [-0.1, -0.05) is 0 Å². The van der Waals surface area contributed by atoms with E-state index in [0.717, 1.165) is 11.3 Å². The number of ether oxygens (including phenoxy) is 1. The molecule has 0 fully saturated rings. The van der Waals surface area contributed by atoms with E-state index in [1.165, 1.54) is 11.3 Å². The maximum atomic E-state index is 11.9. The zero-order valence-corrected chi connectivity index (χ0v) is 12.7. The molecule has 0 saturated heterocycles. The van der Waals surface area contributed by atoms with Crippen molar-refractivity contribution in [1.82, 2.24) is 10.3 Å². The third-order valence-corrected chi connectivity index (χ3v) is 3.96. The third-order valence-electron chi connectivity index (χ3n) is 3.21. The molecule has 1 aliphatic rings. The number of terminal acetylenes is 1. The number of carbonyl (C=O) groups excluding carboxylic acids is 1. The van der Waals surface area contributed by atoms with Gasteiger partial charge in [-0.05, 0) is 6.92 Å². The predicted octanol–water partition coefficient (Wildman–Crippen LogP) is 2.13. The molecule has 0 spiro atoms. The van der Waals surface area contributed by atoms with Crippen molar-refractivity contribution in [2.45, 2.75) is 44.6 Å². The van der Waals surface area contributed by atoms with Gasteiger partial charge in [-0.3, -0.25) is 9.78 Å². The van der Waals surface area contributed by atoms with Crippen molar-refractivity contribution < 1.29 is 9.53 Å². The van der Waals surface area contributed by atoms with E-state index in [2.05, 4.69) is 26.4 Å². The highest BCUT2D eigenvalue weighted by Gasteiger charge is 2.38. The van der Waals surface area contributed by atoms with Crippen LogP contribution in [0.2, 0.25) is 0 Å². The molecule has 2 rings (SSSR count). The Morgan fingerprint density at radius 3 is 3.00 bits per heavy atom. The average Bonchev–Trinajstić information content (AvgIpc) is 3.05. The first kappa shape index (κ1) is 15.6. The minimum absolute atomic E-state index is 0.132. The first-order valence-electron chi connectivity index (χ1n) is 6.79. The quantitative estimate of drug-likeness (QED) is 0.710. The molecule has 0 radical (unpaired) electrons. The first-order chi connectivity index (χ1) is 10.2. The van der Waals surface area contributed by atoms with Gasteiger partial charge in [0.15, 0.2) is 5.66 Å². The number of nitrogens with one attached hydrogen (secondary N) is 1. The molecule has 1 atom stereocenters. The number of nitrogens with zero attached hydrogens (tertiary/aromatic N) is 3. The maximum absolute atomic E-state index is 11.9. The summed E-state index contributed by atoms with van der Waals surface area (Å²) in [6.45, 7) is 2.65. The number of rotatable bonds is 9. The first-order valence-corrected chi connectivity index (χ1v) is 7.67. The van der Waals surface area contributed by atoms with E-state index in [4.69, 9.17) is 11.2 Å². The van der Waals surface area contributed by atoms with Gasteiger partial charge in [0.25, 0.3) is 0 Å². The van der Waals surface area contributed by atoms with E-state index in [-0.39, 0.29) is 11.6 Å². The number of hydrogen-bond donors (Lipinski definition) is 1. The molecule has 0 aliphatic carbocycles. The van der Waals surface area contributed by atoms with Crippen LogP contribution in [0.4, 0.5) is 0 Å². The van der Waals surface area contributed by atoms with Crippen molar-refractivity contribution in [2.75, 3.05) is 6.54 Å². The summed E-state index contributed by atoms with van der Waals surface area (Å²) in [5, 5.41) is 10.9.